The molecule has 2 aromatic carbocycles. The Bertz CT molecular complexity index is 897. The molecule has 0 spiro atoms. The average Bonchev–Trinajstić information content (AvgIpc) is 2.81. The van der Waals surface area contributed by atoms with Crippen molar-refractivity contribution in [3.63, 3.8) is 0 Å². The summed E-state index contributed by atoms with van der Waals surface area (Å²) in [4.78, 5) is 12.3. The molecule has 1 amide bonds. The first-order valence-corrected chi connectivity index (χ1v) is 8.16. The maximum Gasteiger partial charge on any atom is 0.229 e. The summed E-state index contributed by atoms with van der Waals surface area (Å²) in [6.07, 6.45) is 0. The number of hydrogen-bond acceptors (Lipinski definition) is 1. The Kier molecular flexibility index (Phi) is 3.67. The van der Waals surface area contributed by atoms with Gasteiger partial charge in [-0.1, -0.05) is 39.0 Å². The summed E-state index contributed by atoms with van der Waals surface area (Å²) < 4.78 is 2.34. The molecule has 0 aliphatic carbocycles. The lowest BCUT2D eigenvalue weighted by Crippen LogP contribution is -2.27. The molecule has 3 aromatic rings. The predicted octanol–water partition coefficient (Wildman–Crippen LogP) is 5.11. The summed E-state index contributed by atoms with van der Waals surface area (Å²) in [5, 5.41) is 5.49. The van der Waals surface area contributed by atoms with Gasteiger partial charge in [-0.3, -0.25) is 4.79 Å². The Morgan fingerprint density at radius 1 is 1.13 bits per heavy atom. The second kappa shape index (κ2) is 5.41. The number of fused-ring (bicyclic) bond motifs is 3. The van der Waals surface area contributed by atoms with Crippen LogP contribution >= 0.6 is 0 Å². The molecule has 0 radical (unpaired) electrons. The Hall–Kier alpha value is -2.29. The fourth-order valence-electron chi connectivity index (χ4n) is 3.12. The van der Waals surface area contributed by atoms with Crippen molar-refractivity contribution in [2.45, 2.75) is 41.2 Å². The molecule has 3 heteroatoms. The molecule has 120 valence electrons. The minimum Gasteiger partial charge on any atom is -0.341 e. The van der Waals surface area contributed by atoms with Crippen LogP contribution in [0, 0.1) is 12.3 Å². The van der Waals surface area contributed by atoms with E-state index in [1.54, 1.807) is 0 Å². The number of aryl methyl sites for hydroxylation is 2. The molecule has 0 unspecified atom stereocenters. The summed E-state index contributed by atoms with van der Waals surface area (Å²) in [6.45, 7) is 11.0. The molecule has 0 saturated heterocycles. The van der Waals surface area contributed by atoms with E-state index in [1.807, 2.05) is 20.8 Å². The largest absolute Gasteiger partial charge is 0.341 e. The molecular weight excluding hydrogens is 284 g/mol. The normalized spacial score (nSPS) is 12.0. The number of rotatable bonds is 2. The van der Waals surface area contributed by atoms with Crippen LogP contribution in [0.2, 0.25) is 0 Å². The highest BCUT2D eigenvalue weighted by molar-refractivity contribution is 6.11. The second-order valence-electron chi connectivity index (χ2n) is 7.15. The van der Waals surface area contributed by atoms with Gasteiger partial charge in [0.25, 0.3) is 0 Å². The molecule has 0 bridgehead atoms. The lowest BCUT2D eigenvalue weighted by Gasteiger charge is -2.18. The quantitative estimate of drug-likeness (QED) is 0.701. The van der Waals surface area contributed by atoms with E-state index in [0.717, 1.165) is 12.2 Å². The Morgan fingerprint density at radius 2 is 1.83 bits per heavy atom. The van der Waals surface area contributed by atoms with Crippen molar-refractivity contribution < 1.29 is 4.79 Å². The van der Waals surface area contributed by atoms with E-state index in [-0.39, 0.29) is 5.91 Å². The summed E-state index contributed by atoms with van der Waals surface area (Å²) in [5.74, 6) is 0.0375. The topological polar surface area (TPSA) is 34.0 Å². The van der Waals surface area contributed by atoms with Crippen LogP contribution in [0.4, 0.5) is 5.69 Å². The zero-order valence-electron chi connectivity index (χ0n) is 14.5. The van der Waals surface area contributed by atoms with E-state index in [0.29, 0.717) is 0 Å². The number of carbonyl (C=O) groups excluding carboxylic acids is 1. The number of amides is 1. The van der Waals surface area contributed by atoms with Gasteiger partial charge in [0, 0.05) is 33.9 Å². The minimum atomic E-state index is -0.403. The lowest BCUT2D eigenvalue weighted by atomic mass is 9.95. The number of para-hydroxylation sites is 1. The number of carbonyl (C=O) groups is 1. The molecule has 1 aromatic heterocycles. The molecule has 3 rings (SSSR count). The zero-order chi connectivity index (χ0) is 16.8. The zero-order valence-corrected chi connectivity index (χ0v) is 14.5. The molecule has 0 atom stereocenters. The van der Waals surface area contributed by atoms with Crippen molar-refractivity contribution in [2.75, 3.05) is 5.32 Å². The molecule has 23 heavy (non-hydrogen) atoms. The maximum absolute atomic E-state index is 12.3. The third-order valence-electron chi connectivity index (χ3n) is 4.31. The lowest BCUT2D eigenvalue weighted by molar-refractivity contribution is -0.123. The van der Waals surface area contributed by atoms with Gasteiger partial charge in [0.2, 0.25) is 5.91 Å². The van der Waals surface area contributed by atoms with Crippen LogP contribution in [0.1, 0.15) is 33.3 Å². The monoisotopic (exact) mass is 308 g/mol. The van der Waals surface area contributed by atoms with Crippen LogP contribution in [0.5, 0.6) is 0 Å². The predicted molar refractivity (Wildman–Crippen MR) is 97.9 cm³/mol. The van der Waals surface area contributed by atoms with Gasteiger partial charge < -0.3 is 9.88 Å². The standard InChI is InChI=1S/C20H24N2O/c1-6-22-17-10-8-7-9-15(17)16-12-14(11-13(2)18(16)22)21-19(23)20(3,4)5/h7-12H,6H2,1-5H3,(H,21,23). The van der Waals surface area contributed by atoms with Gasteiger partial charge >= 0.3 is 0 Å². The summed E-state index contributed by atoms with van der Waals surface area (Å²) in [5.41, 5.74) is 4.15. The molecule has 0 aliphatic heterocycles. The van der Waals surface area contributed by atoms with Gasteiger partial charge in [-0.15, -0.1) is 0 Å². The van der Waals surface area contributed by atoms with E-state index in [4.69, 9.17) is 0 Å². The fraction of sp³-hybridized carbons (Fsp3) is 0.350. The summed E-state index contributed by atoms with van der Waals surface area (Å²) in [7, 11) is 0. The van der Waals surface area contributed by atoms with Crippen LogP contribution in [0.3, 0.4) is 0 Å². The van der Waals surface area contributed by atoms with Gasteiger partial charge in [-0.05, 0) is 37.6 Å². The number of hydrogen-bond donors (Lipinski definition) is 1. The third kappa shape index (κ3) is 2.61. The third-order valence-corrected chi connectivity index (χ3v) is 4.31. The highest BCUT2D eigenvalue weighted by atomic mass is 16.2. The molecule has 0 aliphatic rings. The molecule has 3 nitrogen and oxygen atoms in total. The van der Waals surface area contributed by atoms with Gasteiger partial charge in [-0.25, -0.2) is 0 Å². The first-order chi connectivity index (χ1) is 10.8. The number of benzene rings is 2. The van der Waals surface area contributed by atoms with E-state index >= 15 is 0 Å². The van der Waals surface area contributed by atoms with Crippen LogP contribution in [-0.2, 0) is 11.3 Å². The van der Waals surface area contributed by atoms with Crippen molar-refractivity contribution in [1.82, 2.24) is 4.57 Å². The Morgan fingerprint density at radius 3 is 2.48 bits per heavy atom. The highest BCUT2D eigenvalue weighted by Gasteiger charge is 2.22. The second-order valence-corrected chi connectivity index (χ2v) is 7.15. The van der Waals surface area contributed by atoms with E-state index in [9.17, 15) is 4.79 Å². The van der Waals surface area contributed by atoms with Gasteiger partial charge in [0.1, 0.15) is 0 Å². The Labute approximate surface area is 137 Å². The van der Waals surface area contributed by atoms with Crippen molar-refractivity contribution in [2.24, 2.45) is 5.41 Å². The molecule has 0 fully saturated rings. The SMILES string of the molecule is CCn1c2ccccc2c2cc(NC(=O)C(C)(C)C)cc(C)c21. The van der Waals surface area contributed by atoms with E-state index < -0.39 is 5.41 Å². The van der Waals surface area contributed by atoms with Gasteiger partial charge in [0.15, 0.2) is 0 Å². The first kappa shape index (κ1) is 15.6. The van der Waals surface area contributed by atoms with Gasteiger partial charge in [0.05, 0.1) is 5.52 Å². The number of nitrogens with one attached hydrogen (secondary N) is 1. The molecular formula is C20H24N2O. The average molecular weight is 308 g/mol. The van der Waals surface area contributed by atoms with Crippen molar-refractivity contribution in [3.8, 4) is 0 Å². The van der Waals surface area contributed by atoms with Crippen LogP contribution in [0.25, 0.3) is 21.8 Å². The van der Waals surface area contributed by atoms with Crippen molar-refractivity contribution in [1.29, 1.82) is 0 Å². The van der Waals surface area contributed by atoms with Crippen LogP contribution in [0.15, 0.2) is 36.4 Å². The van der Waals surface area contributed by atoms with Crippen LogP contribution in [-0.4, -0.2) is 10.5 Å². The Balaban J connectivity index is 2.22. The summed E-state index contributed by atoms with van der Waals surface area (Å²) >= 11 is 0. The van der Waals surface area contributed by atoms with Crippen molar-refractivity contribution >= 4 is 33.4 Å². The van der Waals surface area contributed by atoms with E-state index in [2.05, 4.69) is 60.1 Å². The maximum atomic E-state index is 12.3. The molecule has 1 N–H and O–H groups in total. The smallest absolute Gasteiger partial charge is 0.229 e. The van der Waals surface area contributed by atoms with Gasteiger partial charge in [-0.2, -0.15) is 0 Å². The first-order valence-electron chi connectivity index (χ1n) is 8.16. The number of anilines is 1. The molecule has 0 saturated carbocycles. The fourth-order valence-corrected chi connectivity index (χ4v) is 3.12. The number of nitrogens with zero attached hydrogens (tertiary/aromatic N) is 1. The highest BCUT2D eigenvalue weighted by Crippen LogP contribution is 2.33. The van der Waals surface area contributed by atoms with Crippen molar-refractivity contribution in [3.05, 3.63) is 42.0 Å². The number of aromatic nitrogens is 1. The minimum absolute atomic E-state index is 0.0375. The molecule has 1 heterocycles. The van der Waals surface area contributed by atoms with Crippen LogP contribution < -0.4 is 5.32 Å². The summed E-state index contributed by atoms with van der Waals surface area (Å²) in [6, 6.07) is 12.6. The van der Waals surface area contributed by atoms with E-state index in [1.165, 1.54) is 27.4 Å².